The fraction of sp³-hybridized carbons (Fsp3) is 0. The van der Waals surface area contributed by atoms with Crippen molar-refractivity contribution in [2.75, 3.05) is 0 Å². The number of carbonyl (C=O) groups is 2. The van der Waals surface area contributed by atoms with Crippen LogP contribution >= 0.6 is 0 Å². The van der Waals surface area contributed by atoms with Gasteiger partial charge in [-0.3, -0.25) is 9.59 Å². The van der Waals surface area contributed by atoms with Gasteiger partial charge in [0, 0.05) is 0 Å². The highest BCUT2D eigenvalue weighted by molar-refractivity contribution is 5.85. The molecule has 0 saturated heterocycles. The van der Waals surface area contributed by atoms with Crippen LogP contribution in [0.5, 0.6) is 0 Å². The first-order valence-corrected chi connectivity index (χ1v) is 3.53. The molecule has 0 aliphatic heterocycles. The topological polar surface area (TPSA) is 86.2 Å². The molecule has 4 nitrogen and oxygen atoms in total. The molecule has 0 fully saturated rings. The van der Waals surface area contributed by atoms with E-state index in [9.17, 15) is 9.59 Å². The van der Waals surface area contributed by atoms with E-state index in [1.165, 1.54) is 0 Å². The summed E-state index contributed by atoms with van der Waals surface area (Å²) in [5, 5.41) is 0. The molecule has 0 aliphatic carbocycles. The van der Waals surface area contributed by atoms with E-state index in [1.807, 2.05) is 0 Å². The maximum absolute atomic E-state index is 9.47. The van der Waals surface area contributed by atoms with E-state index in [0.717, 1.165) is 12.2 Å². The Morgan fingerprint density at radius 3 is 0.929 bits per heavy atom. The Kier molecular flexibility index (Phi) is 21.8. The number of hydrogen-bond acceptors (Lipinski definition) is 2. The van der Waals surface area contributed by atoms with Gasteiger partial charge in [-0.1, -0.05) is 38.5 Å². The predicted molar refractivity (Wildman–Crippen MR) is 59.2 cm³/mol. The number of amides is 2. The minimum atomic E-state index is -0.481. The van der Waals surface area contributed by atoms with Gasteiger partial charge in [-0.25, -0.2) is 0 Å². The number of hydrogen-bond donors (Lipinski definition) is 2. The molecule has 4 heteroatoms. The van der Waals surface area contributed by atoms with Crippen LogP contribution in [0.1, 0.15) is 0 Å². The quantitative estimate of drug-likeness (QED) is 0.513. The average Bonchev–Trinajstić information content (AvgIpc) is 2.19. The molecule has 4 N–H and O–H groups in total. The zero-order chi connectivity index (χ0) is 12.0. The summed E-state index contributed by atoms with van der Waals surface area (Å²) in [6.07, 6.45) is 5.39. The van der Waals surface area contributed by atoms with Gasteiger partial charge in [0.2, 0.25) is 11.8 Å². The minimum absolute atomic E-state index is 0.481. The smallest absolute Gasteiger partial charge is 0.240 e. The normalized spacial score (nSPS) is 6.00. The van der Waals surface area contributed by atoms with Crippen molar-refractivity contribution in [2.45, 2.75) is 0 Å². The van der Waals surface area contributed by atoms with Gasteiger partial charge in [-0.15, -0.1) is 0 Å². The monoisotopic (exact) mass is 196 g/mol. The number of carbonyl (C=O) groups excluding carboxylic acids is 2. The Morgan fingerprint density at radius 1 is 0.786 bits per heavy atom. The number of nitrogens with two attached hydrogens (primary N) is 2. The summed E-state index contributed by atoms with van der Waals surface area (Å²) in [5.41, 5.74) is 9.07. The summed E-state index contributed by atoms with van der Waals surface area (Å²) in [6.45, 7) is 12.9. The maximum atomic E-state index is 9.47. The van der Waals surface area contributed by atoms with Crippen LogP contribution in [-0.2, 0) is 9.59 Å². The highest BCUT2D eigenvalue weighted by Gasteiger charge is 1.69. The van der Waals surface area contributed by atoms with E-state index >= 15 is 0 Å². The summed E-state index contributed by atoms with van der Waals surface area (Å²) in [4.78, 5) is 18.9. The van der Waals surface area contributed by atoms with Crippen LogP contribution in [0.25, 0.3) is 0 Å². The first-order valence-electron chi connectivity index (χ1n) is 3.53. The molecule has 0 bridgehead atoms. The van der Waals surface area contributed by atoms with E-state index in [-0.39, 0.29) is 0 Å². The minimum Gasteiger partial charge on any atom is -0.366 e. The van der Waals surface area contributed by atoms with Crippen molar-refractivity contribution in [2.24, 2.45) is 11.5 Å². The van der Waals surface area contributed by atoms with E-state index < -0.39 is 11.8 Å². The third-order valence-corrected chi connectivity index (χ3v) is 0.569. The van der Waals surface area contributed by atoms with Gasteiger partial charge in [-0.05, 0) is 12.2 Å². The van der Waals surface area contributed by atoms with Crippen LogP contribution in [0.3, 0.4) is 0 Å². The second-order valence-corrected chi connectivity index (χ2v) is 1.68. The zero-order valence-electron chi connectivity index (χ0n) is 8.11. The van der Waals surface area contributed by atoms with Crippen molar-refractivity contribution < 1.29 is 9.59 Å². The van der Waals surface area contributed by atoms with Crippen molar-refractivity contribution >= 4 is 11.8 Å². The first-order chi connectivity index (χ1) is 6.45. The highest BCUT2D eigenvalue weighted by atomic mass is 16.1. The standard InChI is InChI=1S/C4H6.2C3H5NO/c1-3-4-2;2*1-2-3(4)5/h3-4H,1-2H2;2*2H,1H2,(H2,4,5). The molecule has 0 saturated carbocycles. The Labute approximate surface area is 84.3 Å². The lowest BCUT2D eigenvalue weighted by Gasteiger charge is -1.65. The third-order valence-electron chi connectivity index (χ3n) is 0.569. The summed E-state index contributed by atoms with van der Waals surface area (Å²) < 4.78 is 0. The van der Waals surface area contributed by atoms with Gasteiger partial charge in [0.05, 0.1) is 0 Å². The van der Waals surface area contributed by atoms with Crippen LogP contribution < -0.4 is 11.5 Å². The molecule has 14 heavy (non-hydrogen) atoms. The van der Waals surface area contributed by atoms with Gasteiger partial charge in [0.15, 0.2) is 0 Å². The molecular weight excluding hydrogens is 180 g/mol. The van der Waals surface area contributed by atoms with Crippen LogP contribution in [0.15, 0.2) is 50.6 Å². The van der Waals surface area contributed by atoms with Gasteiger partial charge in [-0.2, -0.15) is 0 Å². The van der Waals surface area contributed by atoms with E-state index in [4.69, 9.17) is 0 Å². The zero-order valence-corrected chi connectivity index (χ0v) is 8.11. The van der Waals surface area contributed by atoms with Crippen molar-refractivity contribution in [1.29, 1.82) is 0 Å². The van der Waals surface area contributed by atoms with Crippen LogP contribution in [0.4, 0.5) is 0 Å². The molecule has 0 aromatic carbocycles. The number of allylic oxidation sites excluding steroid dienone is 2. The molecule has 0 radical (unpaired) electrons. The van der Waals surface area contributed by atoms with Crippen LogP contribution in [0.2, 0.25) is 0 Å². The molecule has 0 heterocycles. The molecule has 78 valence electrons. The lowest BCUT2D eigenvalue weighted by molar-refractivity contribution is -0.114. The van der Waals surface area contributed by atoms with Crippen LogP contribution in [0, 0.1) is 0 Å². The van der Waals surface area contributed by atoms with Crippen LogP contribution in [-0.4, -0.2) is 11.8 Å². The lowest BCUT2D eigenvalue weighted by atomic mass is 10.6. The summed E-state index contributed by atoms with van der Waals surface area (Å²) >= 11 is 0. The Hall–Kier alpha value is -2.10. The fourth-order valence-electron chi connectivity index (χ4n) is 0. The second-order valence-electron chi connectivity index (χ2n) is 1.68. The van der Waals surface area contributed by atoms with E-state index in [1.54, 1.807) is 12.2 Å². The lowest BCUT2D eigenvalue weighted by Crippen LogP contribution is -2.04. The van der Waals surface area contributed by atoms with Gasteiger partial charge >= 0.3 is 0 Å². The Bertz CT molecular complexity index is 196. The van der Waals surface area contributed by atoms with Crippen molar-refractivity contribution in [3.8, 4) is 0 Å². The van der Waals surface area contributed by atoms with Gasteiger partial charge in [0.1, 0.15) is 0 Å². The van der Waals surface area contributed by atoms with E-state index in [0.29, 0.717) is 0 Å². The Morgan fingerprint density at radius 2 is 0.929 bits per heavy atom. The average molecular weight is 196 g/mol. The Balaban J connectivity index is -0.000000131. The van der Waals surface area contributed by atoms with Crippen molar-refractivity contribution in [3.05, 3.63) is 50.6 Å². The largest absolute Gasteiger partial charge is 0.366 e. The fourth-order valence-corrected chi connectivity index (χ4v) is 0. The molecule has 0 aliphatic rings. The van der Waals surface area contributed by atoms with Gasteiger partial charge in [0.25, 0.3) is 0 Å². The molecule has 0 spiro atoms. The predicted octanol–water partition coefficient (Wildman–Crippen LogP) is 0.674. The first kappa shape index (κ1) is 17.8. The van der Waals surface area contributed by atoms with Gasteiger partial charge < -0.3 is 11.5 Å². The molecular formula is C10H16N2O2. The molecule has 2 amide bonds. The maximum Gasteiger partial charge on any atom is 0.240 e. The molecule has 0 aromatic rings. The van der Waals surface area contributed by atoms with E-state index in [2.05, 4.69) is 37.8 Å². The number of rotatable bonds is 3. The molecule has 0 atom stereocenters. The molecule has 0 rings (SSSR count). The molecule has 0 unspecified atom stereocenters. The number of primary amides is 2. The summed E-state index contributed by atoms with van der Waals surface area (Å²) in [7, 11) is 0. The van der Waals surface area contributed by atoms with Crippen molar-refractivity contribution in [3.63, 3.8) is 0 Å². The SMILES string of the molecule is C=CC(N)=O.C=CC(N)=O.C=CC=C. The summed E-state index contributed by atoms with van der Waals surface area (Å²) in [6, 6.07) is 0. The van der Waals surface area contributed by atoms with Crippen molar-refractivity contribution in [1.82, 2.24) is 0 Å². The second kappa shape index (κ2) is 17.1. The highest BCUT2D eigenvalue weighted by Crippen LogP contribution is 1.52. The molecule has 0 aromatic heterocycles. The summed E-state index contributed by atoms with van der Waals surface area (Å²) in [5.74, 6) is -0.963. The third kappa shape index (κ3) is 93.2.